The molecule has 1 fully saturated rings. The number of benzene rings is 2. The van der Waals surface area contributed by atoms with E-state index in [1.165, 1.54) is 23.0 Å². The Hall–Kier alpha value is -3.82. The van der Waals surface area contributed by atoms with Crippen LogP contribution in [0.15, 0.2) is 54.7 Å². The molecule has 1 saturated heterocycles. The van der Waals surface area contributed by atoms with E-state index >= 15 is 0 Å². The number of nitrogens with one attached hydrogen (secondary N) is 2. The van der Waals surface area contributed by atoms with Crippen LogP contribution in [0.25, 0.3) is 5.69 Å². The minimum Gasteiger partial charge on any atom is -0.336 e. The topological polar surface area (TPSA) is 79.3 Å². The van der Waals surface area contributed by atoms with E-state index in [4.69, 9.17) is 0 Å². The zero-order valence-electron chi connectivity index (χ0n) is 16.4. The lowest BCUT2D eigenvalue weighted by Gasteiger charge is -2.15. The zero-order chi connectivity index (χ0) is 22.2. The predicted octanol–water partition coefficient (Wildman–Crippen LogP) is 3.98. The Morgan fingerprint density at radius 1 is 1.13 bits per heavy atom. The minimum absolute atomic E-state index is 0.202. The molecule has 0 saturated carbocycles. The third kappa shape index (κ3) is 4.09. The van der Waals surface area contributed by atoms with Crippen LogP contribution in [0.2, 0.25) is 0 Å². The molecule has 7 nitrogen and oxygen atoms in total. The lowest BCUT2D eigenvalue weighted by Crippen LogP contribution is -2.27. The highest BCUT2D eigenvalue weighted by Gasteiger charge is 2.31. The molecule has 2 heterocycles. The maximum absolute atomic E-state index is 13.0. The molecule has 1 aromatic heterocycles. The highest BCUT2D eigenvalue weighted by molar-refractivity contribution is 6.05. The molecule has 3 amide bonds. The summed E-state index contributed by atoms with van der Waals surface area (Å²) in [6, 6.07) is 11.4. The van der Waals surface area contributed by atoms with Gasteiger partial charge >= 0.3 is 12.2 Å². The quantitative estimate of drug-likeness (QED) is 0.659. The zero-order valence-corrected chi connectivity index (χ0v) is 16.4. The lowest BCUT2D eigenvalue weighted by molar-refractivity contribution is -0.137. The van der Waals surface area contributed by atoms with Crippen molar-refractivity contribution in [2.75, 3.05) is 23.3 Å². The van der Waals surface area contributed by atoms with Crippen molar-refractivity contribution < 1.29 is 22.8 Å². The van der Waals surface area contributed by atoms with Crippen LogP contribution in [0.3, 0.4) is 0 Å². The van der Waals surface area contributed by atoms with Crippen molar-refractivity contribution in [3.63, 3.8) is 0 Å². The maximum atomic E-state index is 13.0. The van der Waals surface area contributed by atoms with Gasteiger partial charge in [-0.2, -0.15) is 18.3 Å². The second-order valence-corrected chi connectivity index (χ2v) is 6.99. The standard InChI is InChI=1S/C21H18F3N5O2/c1-13-18(12-26-29(13)17-7-2-4-14(10-17)21(22,23)24)19(30)27-15-5-3-6-16(11-15)28-9-8-25-20(28)31/h2-7,10-12H,8-9H2,1H3,(H,25,31)(H,27,30). The van der Waals surface area contributed by atoms with Crippen molar-refractivity contribution in [2.45, 2.75) is 13.1 Å². The number of halogens is 3. The molecule has 0 atom stereocenters. The summed E-state index contributed by atoms with van der Waals surface area (Å²) in [5, 5.41) is 9.55. The van der Waals surface area contributed by atoms with Crippen molar-refractivity contribution in [1.82, 2.24) is 15.1 Å². The Bertz CT molecular complexity index is 1160. The molecular formula is C21H18F3N5O2. The number of amides is 3. The summed E-state index contributed by atoms with van der Waals surface area (Å²) in [4.78, 5) is 26.2. The van der Waals surface area contributed by atoms with Gasteiger partial charge in [0, 0.05) is 24.5 Å². The normalized spacial score (nSPS) is 13.9. The van der Waals surface area contributed by atoms with Gasteiger partial charge in [-0.15, -0.1) is 0 Å². The first-order valence-corrected chi connectivity index (χ1v) is 9.43. The van der Waals surface area contributed by atoms with E-state index in [1.807, 2.05) is 0 Å². The molecule has 1 aliphatic heterocycles. The van der Waals surface area contributed by atoms with Crippen molar-refractivity contribution in [3.8, 4) is 5.69 Å². The molecule has 0 aliphatic carbocycles. The molecule has 160 valence electrons. The first-order valence-electron chi connectivity index (χ1n) is 9.43. The molecule has 1 aliphatic rings. The van der Waals surface area contributed by atoms with Crippen molar-refractivity contribution in [2.24, 2.45) is 0 Å². The van der Waals surface area contributed by atoms with Crippen LogP contribution in [0.4, 0.5) is 29.3 Å². The van der Waals surface area contributed by atoms with Gasteiger partial charge in [0.05, 0.1) is 28.7 Å². The summed E-state index contributed by atoms with van der Waals surface area (Å²) in [7, 11) is 0. The van der Waals surface area contributed by atoms with Crippen LogP contribution < -0.4 is 15.5 Å². The Morgan fingerprint density at radius 3 is 2.58 bits per heavy atom. The Balaban J connectivity index is 1.56. The highest BCUT2D eigenvalue weighted by atomic mass is 19.4. The molecule has 3 aromatic rings. The number of carbonyl (C=O) groups excluding carboxylic acids is 2. The maximum Gasteiger partial charge on any atom is 0.416 e. The number of nitrogens with zero attached hydrogens (tertiary/aromatic N) is 3. The second-order valence-electron chi connectivity index (χ2n) is 6.99. The van der Waals surface area contributed by atoms with Crippen molar-refractivity contribution in [3.05, 3.63) is 71.5 Å². The SMILES string of the molecule is Cc1c(C(=O)Nc2cccc(N3CCNC3=O)c2)cnn1-c1cccc(C(F)(F)F)c1. The molecule has 0 unspecified atom stereocenters. The number of aromatic nitrogens is 2. The van der Waals surface area contributed by atoms with Gasteiger partial charge in [0.15, 0.2) is 0 Å². The van der Waals surface area contributed by atoms with Crippen molar-refractivity contribution >= 4 is 23.3 Å². The third-order valence-corrected chi connectivity index (χ3v) is 4.94. The van der Waals surface area contributed by atoms with E-state index in [2.05, 4.69) is 15.7 Å². The van der Waals surface area contributed by atoms with E-state index in [0.717, 1.165) is 12.1 Å². The number of rotatable bonds is 4. The molecule has 0 bridgehead atoms. The Kier molecular flexibility index (Phi) is 5.14. The monoisotopic (exact) mass is 429 g/mol. The van der Waals surface area contributed by atoms with Gasteiger partial charge in [0.25, 0.3) is 5.91 Å². The van der Waals surface area contributed by atoms with Crippen molar-refractivity contribution in [1.29, 1.82) is 0 Å². The van der Waals surface area contributed by atoms with Crippen LogP contribution in [0.1, 0.15) is 21.6 Å². The molecule has 2 N–H and O–H groups in total. The third-order valence-electron chi connectivity index (χ3n) is 4.94. The summed E-state index contributed by atoms with van der Waals surface area (Å²) < 4.78 is 40.3. The molecule has 2 aromatic carbocycles. The number of carbonyl (C=O) groups is 2. The van der Waals surface area contributed by atoms with Crippen LogP contribution in [0.5, 0.6) is 0 Å². The van der Waals surface area contributed by atoms with Gasteiger partial charge in [-0.3, -0.25) is 9.69 Å². The van der Waals surface area contributed by atoms with E-state index in [9.17, 15) is 22.8 Å². The number of alkyl halides is 3. The van der Waals surface area contributed by atoms with Gasteiger partial charge < -0.3 is 10.6 Å². The fourth-order valence-electron chi connectivity index (χ4n) is 3.37. The summed E-state index contributed by atoms with van der Waals surface area (Å²) in [5.41, 5.74) is 1.15. The summed E-state index contributed by atoms with van der Waals surface area (Å²) in [6.07, 6.45) is -3.17. The van der Waals surface area contributed by atoms with Gasteiger partial charge in [0.1, 0.15) is 0 Å². The van der Waals surface area contributed by atoms with Gasteiger partial charge in [-0.25, -0.2) is 9.48 Å². The fourth-order valence-corrected chi connectivity index (χ4v) is 3.37. The molecule has 4 rings (SSSR count). The van der Waals surface area contributed by atoms with E-state index in [-0.39, 0.29) is 17.3 Å². The number of hydrogen-bond donors (Lipinski definition) is 2. The van der Waals surface area contributed by atoms with E-state index in [1.54, 1.807) is 36.1 Å². The average molecular weight is 429 g/mol. The average Bonchev–Trinajstić information content (AvgIpc) is 3.33. The molecular weight excluding hydrogens is 411 g/mol. The van der Waals surface area contributed by atoms with Crippen LogP contribution in [-0.4, -0.2) is 34.8 Å². The Morgan fingerprint density at radius 2 is 1.87 bits per heavy atom. The smallest absolute Gasteiger partial charge is 0.336 e. The van der Waals surface area contributed by atoms with Gasteiger partial charge in [-0.1, -0.05) is 12.1 Å². The van der Waals surface area contributed by atoms with E-state index in [0.29, 0.717) is 30.2 Å². The van der Waals surface area contributed by atoms with Crippen LogP contribution >= 0.6 is 0 Å². The fraction of sp³-hybridized carbons (Fsp3) is 0.190. The minimum atomic E-state index is -4.48. The first kappa shape index (κ1) is 20.5. The van der Waals surface area contributed by atoms with Gasteiger partial charge in [0.2, 0.25) is 0 Å². The molecule has 0 radical (unpaired) electrons. The largest absolute Gasteiger partial charge is 0.416 e. The predicted molar refractivity (Wildman–Crippen MR) is 108 cm³/mol. The number of urea groups is 1. The molecule has 0 spiro atoms. The number of hydrogen-bond acceptors (Lipinski definition) is 3. The summed E-state index contributed by atoms with van der Waals surface area (Å²) in [6.45, 7) is 2.68. The molecule has 10 heteroatoms. The lowest BCUT2D eigenvalue weighted by atomic mass is 10.2. The molecule has 31 heavy (non-hydrogen) atoms. The summed E-state index contributed by atoms with van der Waals surface area (Å²) in [5.74, 6) is -0.459. The summed E-state index contributed by atoms with van der Waals surface area (Å²) >= 11 is 0. The first-order chi connectivity index (χ1) is 14.7. The Labute approximate surface area is 175 Å². The van der Waals surface area contributed by atoms with E-state index < -0.39 is 17.6 Å². The van der Waals surface area contributed by atoms with Gasteiger partial charge in [-0.05, 0) is 43.3 Å². The van der Waals surface area contributed by atoms with Crippen LogP contribution in [0, 0.1) is 6.92 Å². The second kappa shape index (κ2) is 7.78. The van der Waals surface area contributed by atoms with Crippen LogP contribution in [-0.2, 0) is 6.18 Å². The highest BCUT2D eigenvalue weighted by Crippen LogP contribution is 2.30. The number of anilines is 2.